The zero-order valence-electron chi connectivity index (χ0n) is 7.45. The minimum Gasteiger partial charge on any atom is -0.493 e. The van der Waals surface area contributed by atoms with Gasteiger partial charge in [-0.2, -0.15) is 0 Å². The fraction of sp³-hybridized carbons (Fsp3) is 0.200. The predicted octanol–water partition coefficient (Wildman–Crippen LogP) is 0.759. The van der Waals surface area contributed by atoms with Crippen LogP contribution in [0.2, 0.25) is 0 Å². The van der Waals surface area contributed by atoms with Gasteiger partial charge < -0.3 is 10.1 Å². The molecule has 0 aliphatic carbocycles. The number of fused-ring (bicyclic) bond motifs is 1. The Morgan fingerprint density at radius 3 is 3.14 bits per heavy atom. The largest absolute Gasteiger partial charge is 0.493 e. The smallest absolute Gasteiger partial charge is 0.288 e. The molecule has 0 saturated carbocycles. The van der Waals surface area contributed by atoms with Crippen LogP contribution in [0.4, 0.5) is 5.69 Å². The molecule has 1 aromatic rings. The van der Waals surface area contributed by atoms with Gasteiger partial charge in [0, 0.05) is 12.1 Å². The average molecular weight is 191 g/mol. The molecule has 1 N–H and O–H groups in total. The van der Waals surface area contributed by atoms with Crippen molar-refractivity contribution in [3.63, 3.8) is 0 Å². The van der Waals surface area contributed by atoms with E-state index in [2.05, 4.69) is 5.32 Å². The molecule has 0 bridgehead atoms. The van der Waals surface area contributed by atoms with E-state index >= 15 is 0 Å². The lowest BCUT2D eigenvalue weighted by Gasteiger charge is -2.03. The summed E-state index contributed by atoms with van der Waals surface area (Å²) in [5.74, 6) is 0.220. The lowest BCUT2D eigenvalue weighted by atomic mass is 10.1. The number of carbonyl (C=O) groups excluding carboxylic acids is 2. The van der Waals surface area contributed by atoms with Crippen LogP contribution in [0.3, 0.4) is 0 Å². The van der Waals surface area contributed by atoms with Crippen LogP contribution < -0.4 is 10.1 Å². The summed E-state index contributed by atoms with van der Waals surface area (Å²) in [7, 11) is 0. The molecule has 0 saturated heterocycles. The van der Waals surface area contributed by atoms with Crippen LogP contribution in [0.1, 0.15) is 5.56 Å². The molecule has 1 aliphatic rings. The third-order valence-electron chi connectivity index (χ3n) is 2.06. The molecule has 0 aromatic heterocycles. The highest BCUT2D eigenvalue weighted by molar-refractivity contribution is 6.29. The van der Waals surface area contributed by atoms with Gasteiger partial charge in [-0.15, -0.1) is 0 Å². The van der Waals surface area contributed by atoms with E-state index in [1.165, 1.54) is 0 Å². The van der Waals surface area contributed by atoms with E-state index in [9.17, 15) is 9.59 Å². The first-order chi connectivity index (χ1) is 6.79. The minimum atomic E-state index is -0.635. The molecule has 72 valence electrons. The number of hydrogen-bond acceptors (Lipinski definition) is 3. The summed E-state index contributed by atoms with van der Waals surface area (Å²) < 4.78 is 5.30. The monoisotopic (exact) mass is 191 g/mol. The average Bonchev–Trinajstić information content (AvgIpc) is 2.64. The second-order valence-electron chi connectivity index (χ2n) is 3.03. The number of hydrogen-bond donors (Lipinski definition) is 1. The van der Waals surface area contributed by atoms with Gasteiger partial charge in [-0.05, 0) is 23.8 Å². The molecule has 2 rings (SSSR count). The summed E-state index contributed by atoms with van der Waals surface area (Å²) in [6.45, 7) is 0.681. The van der Waals surface area contributed by atoms with Crippen molar-refractivity contribution in [1.29, 1.82) is 0 Å². The number of anilines is 1. The normalized spacial score (nSPS) is 12.9. The number of aldehydes is 1. The number of amides is 1. The maximum Gasteiger partial charge on any atom is 0.288 e. The van der Waals surface area contributed by atoms with Gasteiger partial charge >= 0.3 is 0 Å². The molecular weight excluding hydrogens is 182 g/mol. The molecule has 0 unspecified atom stereocenters. The van der Waals surface area contributed by atoms with E-state index < -0.39 is 5.91 Å². The molecule has 1 aliphatic heterocycles. The third-order valence-corrected chi connectivity index (χ3v) is 2.06. The molecule has 0 atom stereocenters. The number of rotatable bonds is 2. The van der Waals surface area contributed by atoms with Crippen LogP contribution in [0, 0.1) is 0 Å². The van der Waals surface area contributed by atoms with Crippen molar-refractivity contribution in [1.82, 2.24) is 0 Å². The standard InChI is InChI=1S/C10H9NO3/c12-6-10(13)11-8-1-2-9-7(5-8)3-4-14-9/h1-2,5-6H,3-4H2,(H,11,13). The second-order valence-corrected chi connectivity index (χ2v) is 3.03. The van der Waals surface area contributed by atoms with Gasteiger partial charge in [0.2, 0.25) is 6.29 Å². The second kappa shape index (κ2) is 3.49. The van der Waals surface area contributed by atoms with E-state index in [4.69, 9.17) is 4.74 Å². The zero-order valence-corrected chi connectivity index (χ0v) is 7.45. The van der Waals surface area contributed by atoms with Gasteiger partial charge in [0.1, 0.15) is 5.75 Å². The van der Waals surface area contributed by atoms with E-state index in [-0.39, 0.29) is 6.29 Å². The highest BCUT2D eigenvalue weighted by atomic mass is 16.5. The molecular formula is C10H9NO3. The Kier molecular flexibility index (Phi) is 2.18. The summed E-state index contributed by atoms with van der Waals surface area (Å²) in [6.07, 6.45) is 1.10. The Bertz CT molecular complexity index is 387. The lowest BCUT2D eigenvalue weighted by Crippen LogP contribution is -2.12. The Balaban J connectivity index is 2.20. The lowest BCUT2D eigenvalue weighted by molar-refractivity contribution is -0.127. The quantitative estimate of drug-likeness (QED) is 0.554. The van der Waals surface area contributed by atoms with E-state index in [0.29, 0.717) is 12.3 Å². The Labute approximate surface area is 80.9 Å². The molecule has 14 heavy (non-hydrogen) atoms. The summed E-state index contributed by atoms with van der Waals surface area (Å²) in [6, 6.07) is 5.33. The van der Waals surface area contributed by atoms with Crippen molar-refractivity contribution < 1.29 is 14.3 Å². The van der Waals surface area contributed by atoms with E-state index in [1.54, 1.807) is 12.1 Å². The van der Waals surface area contributed by atoms with Gasteiger partial charge in [-0.25, -0.2) is 0 Å². The highest BCUT2D eigenvalue weighted by Crippen LogP contribution is 2.27. The first-order valence-electron chi connectivity index (χ1n) is 4.31. The van der Waals surface area contributed by atoms with Crippen molar-refractivity contribution in [2.45, 2.75) is 6.42 Å². The topological polar surface area (TPSA) is 55.4 Å². The SMILES string of the molecule is O=CC(=O)Nc1ccc2c(c1)CCO2. The van der Waals surface area contributed by atoms with Crippen LogP contribution in [-0.2, 0) is 16.0 Å². The fourth-order valence-corrected chi connectivity index (χ4v) is 1.44. The van der Waals surface area contributed by atoms with Gasteiger partial charge in [-0.1, -0.05) is 0 Å². The fourth-order valence-electron chi connectivity index (χ4n) is 1.44. The van der Waals surface area contributed by atoms with Crippen molar-refractivity contribution in [2.24, 2.45) is 0 Å². The molecule has 0 spiro atoms. The molecule has 4 heteroatoms. The van der Waals surface area contributed by atoms with Gasteiger partial charge in [-0.3, -0.25) is 9.59 Å². The van der Waals surface area contributed by atoms with Crippen molar-refractivity contribution in [2.75, 3.05) is 11.9 Å². The van der Waals surface area contributed by atoms with Crippen molar-refractivity contribution >= 4 is 17.9 Å². The molecule has 0 radical (unpaired) electrons. The van der Waals surface area contributed by atoms with Crippen LogP contribution in [0.25, 0.3) is 0 Å². The Morgan fingerprint density at radius 1 is 1.50 bits per heavy atom. The van der Waals surface area contributed by atoms with Crippen LogP contribution >= 0.6 is 0 Å². The maximum absolute atomic E-state index is 10.8. The summed E-state index contributed by atoms with van der Waals surface area (Å²) in [4.78, 5) is 20.9. The van der Waals surface area contributed by atoms with E-state index in [0.717, 1.165) is 17.7 Å². The van der Waals surface area contributed by atoms with Crippen LogP contribution in [0.15, 0.2) is 18.2 Å². The maximum atomic E-state index is 10.8. The number of carbonyl (C=O) groups is 2. The molecule has 1 amide bonds. The van der Waals surface area contributed by atoms with Crippen molar-refractivity contribution in [3.8, 4) is 5.75 Å². The third kappa shape index (κ3) is 1.59. The van der Waals surface area contributed by atoms with Crippen LogP contribution in [-0.4, -0.2) is 18.8 Å². The Morgan fingerprint density at radius 2 is 2.36 bits per heavy atom. The molecule has 1 heterocycles. The Hall–Kier alpha value is -1.84. The number of nitrogens with one attached hydrogen (secondary N) is 1. The first kappa shape index (κ1) is 8.74. The number of ether oxygens (including phenoxy) is 1. The molecule has 0 fully saturated rings. The van der Waals surface area contributed by atoms with Gasteiger partial charge in [0.15, 0.2) is 0 Å². The summed E-state index contributed by atoms with van der Waals surface area (Å²) >= 11 is 0. The van der Waals surface area contributed by atoms with Crippen molar-refractivity contribution in [3.05, 3.63) is 23.8 Å². The minimum absolute atomic E-state index is 0.254. The van der Waals surface area contributed by atoms with Gasteiger partial charge in [0.25, 0.3) is 5.91 Å². The highest BCUT2D eigenvalue weighted by Gasteiger charge is 2.12. The first-order valence-corrected chi connectivity index (χ1v) is 4.31. The molecule has 1 aromatic carbocycles. The van der Waals surface area contributed by atoms with Crippen LogP contribution in [0.5, 0.6) is 5.75 Å². The summed E-state index contributed by atoms with van der Waals surface area (Å²) in [5.41, 5.74) is 1.69. The van der Waals surface area contributed by atoms with Gasteiger partial charge in [0.05, 0.1) is 6.61 Å². The number of benzene rings is 1. The van der Waals surface area contributed by atoms with E-state index in [1.807, 2.05) is 6.07 Å². The molecule has 4 nitrogen and oxygen atoms in total. The summed E-state index contributed by atoms with van der Waals surface area (Å²) in [5, 5.41) is 2.46. The zero-order chi connectivity index (χ0) is 9.97. The predicted molar refractivity (Wildman–Crippen MR) is 50.3 cm³/mol.